The molecule has 102 valence electrons. The SMILES string of the molecule is CC(c1ccccc1Cl)N(C)CCC(C)(C)CN. The molecule has 0 aliphatic heterocycles. The third-order valence-electron chi connectivity index (χ3n) is 3.71. The van der Waals surface area contributed by atoms with E-state index in [-0.39, 0.29) is 5.41 Å². The fraction of sp³-hybridized carbons (Fsp3) is 0.600. The van der Waals surface area contributed by atoms with Crippen molar-refractivity contribution in [1.82, 2.24) is 4.90 Å². The highest BCUT2D eigenvalue weighted by molar-refractivity contribution is 6.31. The van der Waals surface area contributed by atoms with E-state index in [4.69, 9.17) is 17.3 Å². The van der Waals surface area contributed by atoms with E-state index in [0.29, 0.717) is 6.04 Å². The van der Waals surface area contributed by atoms with Crippen molar-refractivity contribution in [2.75, 3.05) is 20.1 Å². The highest BCUT2D eigenvalue weighted by Gasteiger charge is 2.19. The molecule has 1 atom stereocenters. The molecular formula is C15H25ClN2. The number of halogens is 1. The first-order valence-corrected chi connectivity index (χ1v) is 6.90. The summed E-state index contributed by atoms with van der Waals surface area (Å²) in [7, 11) is 2.14. The number of benzene rings is 1. The molecule has 0 saturated heterocycles. The van der Waals surface area contributed by atoms with Crippen molar-refractivity contribution >= 4 is 11.6 Å². The molecule has 18 heavy (non-hydrogen) atoms. The summed E-state index contributed by atoms with van der Waals surface area (Å²) in [5, 5.41) is 0.843. The predicted octanol–water partition coefficient (Wildman–Crippen LogP) is 3.71. The number of hydrogen-bond acceptors (Lipinski definition) is 2. The Kier molecular flexibility index (Phi) is 5.64. The monoisotopic (exact) mass is 268 g/mol. The third-order valence-corrected chi connectivity index (χ3v) is 4.05. The zero-order valence-corrected chi connectivity index (χ0v) is 12.7. The normalized spacial score (nSPS) is 13.9. The fourth-order valence-electron chi connectivity index (χ4n) is 1.83. The highest BCUT2D eigenvalue weighted by Crippen LogP contribution is 2.27. The Morgan fingerprint density at radius 1 is 1.33 bits per heavy atom. The van der Waals surface area contributed by atoms with E-state index >= 15 is 0 Å². The van der Waals surface area contributed by atoms with Gasteiger partial charge in [-0.15, -0.1) is 0 Å². The lowest BCUT2D eigenvalue weighted by molar-refractivity contribution is 0.212. The van der Waals surface area contributed by atoms with Crippen LogP contribution in [0.5, 0.6) is 0 Å². The molecule has 0 radical (unpaired) electrons. The standard InChI is InChI=1S/C15H25ClN2/c1-12(13-7-5-6-8-14(13)16)18(4)10-9-15(2,3)11-17/h5-8,12H,9-11,17H2,1-4H3. The lowest BCUT2D eigenvalue weighted by Crippen LogP contribution is -2.31. The molecule has 1 aromatic carbocycles. The minimum Gasteiger partial charge on any atom is -0.330 e. The van der Waals surface area contributed by atoms with Crippen LogP contribution >= 0.6 is 11.6 Å². The van der Waals surface area contributed by atoms with E-state index in [1.165, 1.54) is 5.56 Å². The molecule has 2 N–H and O–H groups in total. The average Bonchev–Trinajstić information content (AvgIpc) is 2.36. The Morgan fingerprint density at radius 2 is 1.94 bits per heavy atom. The zero-order valence-electron chi connectivity index (χ0n) is 11.9. The topological polar surface area (TPSA) is 29.3 Å². The molecule has 1 unspecified atom stereocenters. The highest BCUT2D eigenvalue weighted by atomic mass is 35.5. The summed E-state index contributed by atoms with van der Waals surface area (Å²) in [6.45, 7) is 8.36. The summed E-state index contributed by atoms with van der Waals surface area (Å²) < 4.78 is 0. The van der Waals surface area contributed by atoms with Crippen LogP contribution in [0.25, 0.3) is 0 Å². The van der Waals surface area contributed by atoms with E-state index in [9.17, 15) is 0 Å². The Hall–Kier alpha value is -0.570. The predicted molar refractivity (Wildman–Crippen MR) is 79.9 cm³/mol. The van der Waals surface area contributed by atoms with Crippen LogP contribution in [0.2, 0.25) is 5.02 Å². The van der Waals surface area contributed by atoms with Gasteiger partial charge in [0.25, 0.3) is 0 Å². The molecule has 0 aliphatic carbocycles. The Morgan fingerprint density at radius 3 is 2.50 bits per heavy atom. The quantitative estimate of drug-likeness (QED) is 0.852. The van der Waals surface area contributed by atoms with Gasteiger partial charge in [-0.3, -0.25) is 4.90 Å². The van der Waals surface area contributed by atoms with Gasteiger partial charge in [0.1, 0.15) is 0 Å². The zero-order chi connectivity index (χ0) is 13.8. The third kappa shape index (κ3) is 4.27. The summed E-state index contributed by atoms with van der Waals surface area (Å²) in [6, 6.07) is 8.38. The Bertz CT molecular complexity index is 377. The summed E-state index contributed by atoms with van der Waals surface area (Å²) in [5.74, 6) is 0. The molecule has 0 saturated carbocycles. The number of hydrogen-bond donors (Lipinski definition) is 1. The van der Waals surface area contributed by atoms with Gasteiger partial charge in [0.05, 0.1) is 0 Å². The van der Waals surface area contributed by atoms with E-state index < -0.39 is 0 Å². The fourth-order valence-corrected chi connectivity index (χ4v) is 2.12. The lowest BCUT2D eigenvalue weighted by Gasteiger charge is -2.30. The van der Waals surface area contributed by atoms with Crippen molar-refractivity contribution in [2.45, 2.75) is 33.2 Å². The number of nitrogens with two attached hydrogens (primary N) is 1. The van der Waals surface area contributed by atoms with Crippen LogP contribution in [0, 0.1) is 5.41 Å². The van der Waals surface area contributed by atoms with Crippen LogP contribution in [-0.4, -0.2) is 25.0 Å². The second-order valence-electron chi connectivity index (χ2n) is 5.80. The van der Waals surface area contributed by atoms with Gasteiger partial charge >= 0.3 is 0 Å². The summed E-state index contributed by atoms with van der Waals surface area (Å²) >= 11 is 6.23. The van der Waals surface area contributed by atoms with E-state index in [2.05, 4.69) is 38.8 Å². The van der Waals surface area contributed by atoms with Gasteiger partial charge < -0.3 is 5.73 Å². The van der Waals surface area contributed by atoms with Crippen LogP contribution in [0.1, 0.15) is 38.8 Å². The first-order chi connectivity index (χ1) is 8.37. The van der Waals surface area contributed by atoms with Crippen LogP contribution in [0.15, 0.2) is 24.3 Å². The van der Waals surface area contributed by atoms with Crippen molar-refractivity contribution in [3.8, 4) is 0 Å². The van der Waals surface area contributed by atoms with E-state index in [1.54, 1.807) is 0 Å². The lowest BCUT2D eigenvalue weighted by atomic mass is 9.89. The van der Waals surface area contributed by atoms with Gasteiger partial charge in [-0.1, -0.05) is 43.6 Å². The van der Waals surface area contributed by atoms with Gasteiger partial charge in [0, 0.05) is 11.1 Å². The van der Waals surface area contributed by atoms with Crippen LogP contribution in [0.4, 0.5) is 0 Å². The maximum Gasteiger partial charge on any atom is 0.0453 e. The molecule has 0 spiro atoms. The molecule has 0 amide bonds. The van der Waals surface area contributed by atoms with Gasteiger partial charge in [-0.2, -0.15) is 0 Å². The maximum absolute atomic E-state index is 6.23. The molecule has 1 rings (SSSR count). The summed E-state index contributed by atoms with van der Waals surface area (Å²) in [6.07, 6.45) is 1.09. The first-order valence-electron chi connectivity index (χ1n) is 6.52. The number of nitrogens with zero attached hydrogens (tertiary/aromatic N) is 1. The summed E-state index contributed by atoms with van der Waals surface area (Å²) in [5.41, 5.74) is 7.15. The van der Waals surface area contributed by atoms with Crippen molar-refractivity contribution in [2.24, 2.45) is 11.1 Å². The Balaban J connectivity index is 2.62. The van der Waals surface area contributed by atoms with E-state index in [1.807, 2.05) is 18.2 Å². The molecular weight excluding hydrogens is 244 g/mol. The van der Waals surface area contributed by atoms with Crippen molar-refractivity contribution in [1.29, 1.82) is 0 Å². The molecule has 2 nitrogen and oxygen atoms in total. The van der Waals surface area contributed by atoms with Gasteiger partial charge in [-0.05, 0) is 50.5 Å². The van der Waals surface area contributed by atoms with E-state index in [0.717, 1.165) is 24.5 Å². The van der Waals surface area contributed by atoms with Gasteiger partial charge in [0.2, 0.25) is 0 Å². The molecule has 0 aliphatic rings. The molecule has 0 heterocycles. The molecule has 0 fully saturated rings. The van der Waals surface area contributed by atoms with Crippen LogP contribution < -0.4 is 5.73 Å². The van der Waals surface area contributed by atoms with Crippen molar-refractivity contribution in [3.05, 3.63) is 34.9 Å². The maximum atomic E-state index is 6.23. The van der Waals surface area contributed by atoms with Crippen molar-refractivity contribution < 1.29 is 0 Å². The molecule has 1 aromatic rings. The smallest absolute Gasteiger partial charge is 0.0453 e. The second-order valence-corrected chi connectivity index (χ2v) is 6.20. The first kappa shape index (κ1) is 15.5. The summed E-state index contributed by atoms with van der Waals surface area (Å²) in [4.78, 5) is 2.33. The molecule has 0 bridgehead atoms. The molecule has 0 aromatic heterocycles. The van der Waals surface area contributed by atoms with Crippen molar-refractivity contribution in [3.63, 3.8) is 0 Å². The van der Waals surface area contributed by atoms with Gasteiger partial charge in [0.15, 0.2) is 0 Å². The number of rotatable bonds is 6. The van der Waals surface area contributed by atoms with Gasteiger partial charge in [-0.25, -0.2) is 0 Å². The largest absolute Gasteiger partial charge is 0.330 e. The molecule has 3 heteroatoms. The van der Waals surface area contributed by atoms with Crippen LogP contribution in [-0.2, 0) is 0 Å². The minimum absolute atomic E-state index is 0.203. The minimum atomic E-state index is 0.203. The van der Waals surface area contributed by atoms with Crippen LogP contribution in [0.3, 0.4) is 0 Å². The second kappa shape index (κ2) is 6.55. The average molecular weight is 269 g/mol. The Labute approximate surface area is 116 Å².